The molecule has 3 amide bonds. The number of hydrazine groups is 1. The van der Waals surface area contributed by atoms with Gasteiger partial charge < -0.3 is 0 Å². The number of benzene rings is 2. The fourth-order valence-electron chi connectivity index (χ4n) is 4.16. The van der Waals surface area contributed by atoms with Gasteiger partial charge in [0, 0.05) is 15.1 Å². The number of allylic oxidation sites excluding steroid dienone is 2. The monoisotopic (exact) mass is 548 g/mol. The van der Waals surface area contributed by atoms with Crippen molar-refractivity contribution in [2.24, 2.45) is 11.8 Å². The van der Waals surface area contributed by atoms with Gasteiger partial charge in [0.15, 0.2) is 5.78 Å². The van der Waals surface area contributed by atoms with Gasteiger partial charge in [-0.05, 0) is 50.1 Å². The number of Topliss-reactive ketones (excluding diaryl/α,β-unsaturated/α-hetero) is 1. The van der Waals surface area contributed by atoms with Gasteiger partial charge in [-0.3, -0.25) is 19.2 Å². The number of nitrogens with zero attached hydrogens (tertiary/aromatic N) is 2. The molecule has 6 nitrogen and oxygen atoms in total. The van der Waals surface area contributed by atoms with Crippen LogP contribution in [0.1, 0.15) is 40.5 Å². The van der Waals surface area contributed by atoms with Gasteiger partial charge in [-0.25, -0.2) is 5.01 Å². The maximum atomic E-state index is 13.5. The first-order valence-electron chi connectivity index (χ1n) is 10.3. The second kappa shape index (κ2) is 9.41. The molecule has 2 atom stereocenters. The van der Waals surface area contributed by atoms with Crippen molar-refractivity contribution >= 4 is 62.6 Å². The van der Waals surface area contributed by atoms with Gasteiger partial charge in [-0.2, -0.15) is 5.01 Å². The third-order valence-corrected chi connectivity index (χ3v) is 6.97. The van der Waals surface area contributed by atoms with Crippen LogP contribution in [0.5, 0.6) is 0 Å². The van der Waals surface area contributed by atoms with E-state index < -0.39 is 41.9 Å². The van der Waals surface area contributed by atoms with Crippen LogP contribution in [-0.4, -0.2) is 40.1 Å². The van der Waals surface area contributed by atoms with Crippen LogP contribution in [0.4, 0.5) is 0 Å². The van der Waals surface area contributed by atoms with Gasteiger partial charge in [-0.15, -0.1) is 0 Å². The van der Waals surface area contributed by atoms with Crippen LogP contribution in [0, 0.1) is 11.8 Å². The van der Waals surface area contributed by atoms with Crippen molar-refractivity contribution < 1.29 is 19.2 Å². The predicted molar refractivity (Wildman–Crippen MR) is 128 cm³/mol. The second-order valence-corrected chi connectivity index (χ2v) is 9.87. The summed E-state index contributed by atoms with van der Waals surface area (Å²) < 4.78 is 0.789. The summed E-state index contributed by atoms with van der Waals surface area (Å²) in [4.78, 5) is 53.1. The lowest BCUT2D eigenvalue weighted by molar-refractivity contribution is -0.154. The number of carbonyl (C=O) groups excluding carboxylic acids is 4. The lowest BCUT2D eigenvalue weighted by Gasteiger charge is -2.30. The average Bonchev–Trinajstić information content (AvgIpc) is 3.01. The first kappa shape index (κ1) is 23.7. The van der Waals surface area contributed by atoms with Crippen LogP contribution in [0.25, 0.3) is 0 Å². The average molecular weight is 550 g/mol. The molecule has 170 valence electrons. The van der Waals surface area contributed by atoms with Crippen molar-refractivity contribution in [3.05, 3.63) is 79.8 Å². The van der Waals surface area contributed by atoms with E-state index in [9.17, 15) is 19.2 Å². The zero-order valence-corrected chi connectivity index (χ0v) is 20.7. The fourth-order valence-corrected chi connectivity index (χ4v) is 4.91. The van der Waals surface area contributed by atoms with Gasteiger partial charge in [-0.1, -0.05) is 62.9 Å². The standard InChI is InChI=1S/C24H19BrCl2N2O4/c1-13-2-8-17-19(10-13)24(33)29(23(17)32)28(12-21(30)14-3-5-15(25)6-4-14)22(31)18-9-7-16(26)11-20(18)27/h2-7,9,11,17,19H,8,10,12H2,1H3/t17-,19-/m1/s1. The first-order valence-corrected chi connectivity index (χ1v) is 11.8. The molecule has 0 bridgehead atoms. The minimum absolute atomic E-state index is 0.0365. The number of rotatable bonds is 5. The molecule has 0 saturated carbocycles. The van der Waals surface area contributed by atoms with E-state index in [4.69, 9.17) is 23.2 Å². The van der Waals surface area contributed by atoms with Crippen LogP contribution in [0.15, 0.2) is 58.6 Å². The summed E-state index contributed by atoms with van der Waals surface area (Å²) >= 11 is 15.5. The topological polar surface area (TPSA) is 74.8 Å². The number of amides is 3. The molecule has 1 aliphatic heterocycles. The SMILES string of the molecule is CC1=CC[C@H]2C(=O)N(N(CC(=O)c3ccc(Br)cc3)C(=O)c3ccc(Cl)cc3Cl)C(=O)[C@@H]2C1. The van der Waals surface area contributed by atoms with Gasteiger partial charge in [0.25, 0.3) is 17.7 Å². The Balaban J connectivity index is 1.72. The molecule has 1 heterocycles. The van der Waals surface area contributed by atoms with Crippen molar-refractivity contribution in [1.82, 2.24) is 10.0 Å². The Labute approximate surface area is 209 Å². The molecular formula is C24H19BrCl2N2O4. The maximum Gasteiger partial charge on any atom is 0.274 e. The van der Waals surface area contributed by atoms with E-state index in [1.807, 2.05) is 13.0 Å². The van der Waals surface area contributed by atoms with Crippen molar-refractivity contribution in [3.8, 4) is 0 Å². The molecule has 0 N–H and O–H groups in total. The third-order valence-electron chi connectivity index (χ3n) is 5.90. The van der Waals surface area contributed by atoms with E-state index in [1.165, 1.54) is 18.2 Å². The summed E-state index contributed by atoms with van der Waals surface area (Å²) in [5.74, 6) is -3.24. The third kappa shape index (κ3) is 4.63. The van der Waals surface area contributed by atoms with Crippen LogP contribution in [0.2, 0.25) is 10.0 Å². The summed E-state index contributed by atoms with van der Waals surface area (Å²) in [5.41, 5.74) is 1.39. The zero-order chi connectivity index (χ0) is 23.9. The van der Waals surface area contributed by atoms with E-state index >= 15 is 0 Å². The van der Waals surface area contributed by atoms with E-state index in [-0.39, 0.29) is 10.6 Å². The Kier molecular flexibility index (Phi) is 6.75. The number of fused-ring (bicyclic) bond motifs is 1. The van der Waals surface area contributed by atoms with Crippen molar-refractivity contribution in [2.45, 2.75) is 19.8 Å². The summed E-state index contributed by atoms with van der Waals surface area (Å²) in [6.07, 6.45) is 2.79. The lowest BCUT2D eigenvalue weighted by atomic mass is 9.82. The van der Waals surface area contributed by atoms with Crippen LogP contribution in [-0.2, 0) is 9.59 Å². The summed E-state index contributed by atoms with van der Waals surface area (Å²) in [5, 5.41) is 2.14. The molecular weight excluding hydrogens is 531 g/mol. The predicted octanol–water partition coefficient (Wildman–Crippen LogP) is 5.34. The summed E-state index contributed by atoms with van der Waals surface area (Å²) in [7, 11) is 0. The number of imide groups is 1. The Morgan fingerprint density at radius 3 is 2.39 bits per heavy atom. The molecule has 9 heteroatoms. The highest BCUT2D eigenvalue weighted by atomic mass is 79.9. The summed E-state index contributed by atoms with van der Waals surface area (Å²) in [6.45, 7) is 1.41. The van der Waals surface area contributed by atoms with E-state index in [2.05, 4.69) is 15.9 Å². The number of ketones is 1. The van der Waals surface area contributed by atoms with E-state index in [0.29, 0.717) is 23.4 Å². The molecule has 2 aliphatic rings. The molecule has 0 spiro atoms. The highest BCUT2D eigenvalue weighted by molar-refractivity contribution is 9.10. The van der Waals surface area contributed by atoms with Gasteiger partial charge in [0.2, 0.25) is 0 Å². The fraction of sp³-hybridized carbons (Fsp3) is 0.250. The molecule has 33 heavy (non-hydrogen) atoms. The summed E-state index contributed by atoms with van der Waals surface area (Å²) in [6, 6.07) is 10.9. The molecule has 1 aliphatic carbocycles. The second-order valence-electron chi connectivity index (χ2n) is 8.11. The molecule has 1 fully saturated rings. The van der Waals surface area contributed by atoms with Crippen LogP contribution >= 0.6 is 39.1 Å². The minimum Gasteiger partial charge on any atom is -0.292 e. The lowest BCUT2D eigenvalue weighted by Crippen LogP contribution is -2.52. The quantitative estimate of drug-likeness (QED) is 0.287. The molecule has 1 saturated heterocycles. The van der Waals surface area contributed by atoms with Gasteiger partial charge in [0.1, 0.15) is 6.54 Å². The van der Waals surface area contributed by atoms with Gasteiger partial charge >= 0.3 is 0 Å². The maximum absolute atomic E-state index is 13.5. The largest absolute Gasteiger partial charge is 0.292 e. The Morgan fingerprint density at radius 2 is 1.73 bits per heavy atom. The highest BCUT2D eigenvalue weighted by Crippen LogP contribution is 2.39. The van der Waals surface area contributed by atoms with Crippen LogP contribution < -0.4 is 0 Å². The van der Waals surface area contributed by atoms with Crippen molar-refractivity contribution in [2.75, 3.05) is 6.54 Å². The Hall–Kier alpha value is -2.48. The number of carbonyl (C=O) groups is 4. The molecule has 0 unspecified atom stereocenters. The van der Waals surface area contributed by atoms with Gasteiger partial charge in [0.05, 0.1) is 22.4 Å². The minimum atomic E-state index is -0.729. The molecule has 0 aromatic heterocycles. The van der Waals surface area contributed by atoms with Crippen molar-refractivity contribution in [1.29, 1.82) is 0 Å². The number of hydrogen-bond acceptors (Lipinski definition) is 4. The van der Waals surface area contributed by atoms with Crippen molar-refractivity contribution in [3.63, 3.8) is 0 Å². The number of hydrogen-bond donors (Lipinski definition) is 0. The zero-order valence-electron chi connectivity index (χ0n) is 17.6. The van der Waals surface area contributed by atoms with E-state index in [1.54, 1.807) is 24.3 Å². The van der Waals surface area contributed by atoms with Crippen LogP contribution in [0.3, 0.4) is 0 Å². The first-order chi connectivity index (χ1) is 15.7. The smallest absolute Gasteiger partial charge is 0.274 e. The normalized spacial score (nSPS) is 19.9. The Morgan fingerprint density at radius 1 is 1.06 bits per heavy atom. The van der Waals surface area contributed by atoms with E-state index in [0.717, 1.165) is 20.1 Å². The highest BCUT2D eigenvalue weighted by Gasteiger charge is 2.51. The Bertz CT molecular complexity index is 1200. The molecule has 0 radical (unpaired) electrons. The molecule has 2 aromatic carbocycles. The molecule has 4 rings (SSSR count). The number of halogens is 3. The molecule has 2 aromatic rings.